The molecule has 0 atom stereocenters. The molecule has 0 aliphatic heterocycles. The molecule has 0 amide bonds. The quantitative estimate of drug-likeness (QED) is 0.661. The number of hydrogen-bond acceptors (Lipinski definition) is 3. The monoisotopic (exact) mass is 268 g/mol. The Morgan fingerprint density at radius 3 is 2.61 bits per heavy atom. The van der Waals surface area contributed by atoms with Gasteiger partial charge in [0.15, 0.2) is 0 Å². The van der Waals surface area contributed by atoms with Gasteiger partial charge in [-0.15, -0.1) is 0 Å². The Balaban J connectivity index is 1.96. The van der Waals surface area contributed by atoms with Crippen molar-refractivity contribution in [1.82, 2.24) is 0 Å². The number of nitro groups is 1. The summed E-state index contributed by atoms with van der Waals surface area (Å²) in [6, 6.07) is 5.26. The van der Waals surface area contributed by atoms with Crippen molar-refractivity contribution in [3.8, 4) is 0 Å². The maximum atomic E-state index is 10.6. The fraction of sp³-hybridized carbons (Fsp3) is 0.538. The van der Waals surface area contributed by atoms with Gasteiger partial charge in [0.25, 0.3) is 5.69 Å². The first-order chi connectivity index (χ1) is 8.47. The topological polar surface area (TPSA) is 55.2 Å². The summed E-state index contributed by atoms with van der Waals surface area (Å²) in [7, 11) is 0. The van der Waals surface area contributed by atoms with Crippen LogP contribution in [0.3, 0.4) is 0 Å². The molecule has 1 aliphatic rings. The third kappa shape index (κ3) is 2.75. The van der Waals surface area contributed by atoms with Gasteiger partial charge >= 0.3 is 0 Å². The molecule has 4 nitrogen and oxygen atoms in total. The largest absolute Gasteiger partial charge is 0.382 e. The predicted octanol–water partition coefficient (Wildman–Crippen LogP) is 4.09. The summed E-state index contributed by atoms with van der Waals surface area (Å²) in [6.07, 6.45) is 2.32. The van der Waals surface area contributed by atoms with E-state index in [1.807, 2.05) is 0 Å². The SMILES string of the molecule is CC(C)C1CC(Nc2ccc([N+](=O)[O-])c(Cl)c2)C1. The first kappa shape index (κ1) is 13.1. The minimum absolute atomic E-state index is 0.0455. The molecule has 1 saturated carbocycles. The number of nitrogens with one attached hydrogen (secondary N) is 1. The molecule has 0 spiro atoms. The fourth-order valence-electron chi connectivity index (χ4n) is 2.30. The maximum absolute atomic E-state index is 10.6. The van der Waals surface area contributed by atoms with Gasteiger partial charge in [-0.05, 0) is 36.8 Å². The van der Waals surface area contributed by atoms with Crippen molar-refractivity contribution in [2.24, 2.45) is 11.8 Å². The zero-order chi connectivity index (χ0) is 13.3. The average molecular weight is 269 g/mol. The average Bonchev–Trinajstić information content (AvgIpc) is 2.21. The molecule has 1 aromatic carbocycles. The highest BCUT2D eigenvalue weighted by Crippen LogP contribution is 2.36. The van der Waals surface area contributed by atoms with E-state index in [0.717, 1.165) is 30.4 Å². The number of nitrogens with zero attached hydrogens (tertiary/aromatic N) is 1. The van der Waals surface area contributed by atoms with Gasteiger partial charge in [-0.1, -0.05) is 25.4 Å². The lowest BCUT2D eigenvalue weighted by molar-refractivity contribution is -0.384. The van der Waals surface area contributed by atoms with E-state index in [1.54, 1.807) is 12.1 Å². The lowest BCUT2D eigenvalue weighted by Gasteiger charge is -2.39. The number of hydrogen-bond donors (Lipinski definition) is 1. The summed E-state index contributed by atoms with van der Waals surface area (Å²) >= 11 is 5.87. The van der Waals surface area contributed by atoms with Gasteiger partial charge < -0.3 is 5.32 Å². The van der Waals surface area contributed by atoms with E-state index in [4.69, 9.17) is 11.6 Å². The van der Waals surface area contributed by atoms with Crippen molar-refractivity contribution < 1.29 is 4.92 Å². The van der Waals surface area contributed by atoms with Crippen molar-refractivity contribution in [3.63, 3.8) is 0 Å². The molecule has 0 aromatic heterocycles. The second-order valence-electron chi connectivity index (χ2n) is 5.24. The number of halogens is 1. The molecule has 0 saturated heterocycles. The summed E-state index contributed by atoms with van der Waals surface area (Å²) in [4.78, 5) is 10.2. The van der Waals surface area contributed by atoms with E-state index in [9.17, 15) is 10.1 Å². The van der Waals surface area contributed by atoms with Crippen LogP contribution in [0, 0.1) is 22.0 Å². The summed E-state index contributed by atoms with van der Waals surface area (Å²) < 4.78 is 0. The van der Waals surface area contributed by atoms with Gasteiger partial charge in [0.1, 0.15) is 5.02 Å². The predicted molar refractivity (Wildman–Crippen MR) is 73.1 cm³/mol. The summed E-state index contributed by atoms with van der Waals surface area (Å²) in [5, 5.41) is 14.2. The van der Waals surface area contributed by atoms with Gasteiger partial charge in [-0.25, -0.2) is 0 Å². The van der Waals surface area contributed by atoms with E-state index in [0.29, 0.717) is 6.04 Å². The zero-order valence-corrected chi connectivity index (χ0v) is 11.3. The van der Waals surface area contributed by atoms with Crippen molar-refractivity contribution >= 4 is 23.0 Å². The van der Waals surface area contributed by atoms with Crippen LogP contribution in [0.5, 0.6) is 0 Å². The Bertz CT molecular complexity index is 456. The molecule has 1 N–H and O–H groups in total. The van der Waals surface area contributed by atoms with Crippen molar-refractivity contribution in [1.29, 1.82) is 0 Å². The van der Waals surface area contributed by atoms with E-state index in [2.05, 4.69) is 19.2 Å². The van der Waals surface area contributed by atoms with Crippen LogP contribution in [0.2, 0.25) is 5.02 Å². The first-order valence-electron chi connectivity index (χ1n) is 6.18. The normalized spacial score (nSPS) is 22.7. The fourth-order valence-corrected chi connectivity index (χ4v) is 2.55. The Morgan fingerprint density at radius 1 is 1.44 bits per heavy atom. The summed E-state index contributed by atoms with van der Waals surface area (Å²) in [5.41, 5.74) is 0.814. The van der Waals surface area contributed by atoms with Gasteiger partial charge in [0.2, 0.25) is 0 Å². The number of rotatable bonds is 4. The molecular formula is C13H17ClN2O2. The van der Waals surface area contributed by atoms with Gasteiger partial charge in [0.05, 0.1) is 4.92 Å². The van der Waals surface area contributed by atoms with Gasteiger partial charge in [-0.2, -0.15) is 0 Å². The minimum Gasteiger partial charge on any atom is -0.382 e. The van der Waals surface area contributed by atoms with Crippen molar-refractivity contribution in [2.75, 3.05) is 5.32 Å². The highest BCUT2D eigenvalue weighted by molar-refractivity contribution is 6.32. The highest BCUT2D eigenvalue weighted by atomic mass is 35.5. The second-order valence-corrected chi connectivity index (χ2v) is 5.65. The molecule has 2 rings (SSSR count). The number of nitro benzene ring substituents is 1. The lowest BCUT2D eigenvalue weighted by Crippen LogP contribution is -2.37. The molecule has 18 heavy (non-hydrogen) atoms. The zero-order valence-electron chi connectivity index (χ0n) is 10.5. The molecule has 1 aliphatic carbocycles. The minimum atomic E-state index is -0.468. The third-order valence-corrected chi connectivity index (χ3v) is 3.94. The van der Waals surface area contributed by atoms with Crippen molar-refractivity contribution in [2.45, 2.75) is 32.7 Å². The molecule has 1 aromatic rings. The molecule has 0 bridgehead atoms. The van der Waals surface area contributed by atoms with Crippen LogP contribution >= 0.6 is 11.6 Å². The van der Waals surface area contributed by atoms with Crippen molar-refractivity contribution in [3.05, 3.63) is 33.3 Å². The number of benzene rings is 1. The highest BCUT2D eigenvalue weighted by Gasteiger charge is 2.31. The molecular weight excluding hydrogens is 252 g/mol. The van der Waals surface area contributed by atoms with Crippen LogP contribution in [0.15, 0.2) is 18.2 Å². The molecule has 1 fully saturated rings. The first-order valence-corrected chi connectivity index (χ1v) is 6.55. The summed E-state index contributed by atoms with van der Waals surface area (Å²) in [6.45, 7) is 4.48. The van der Waals surface area contributed by atoms with Crippen LogP contribution in [0.1, 0.15) is 26.7 Å². The third-order valence-electron chi connectivity index (χ3n) is 3.63. The number of anilines is 1. The summed E-state index contributed by atoms with van der Waals surface area (Å²) in [5.74, 6) is 1.51. The molecule has 98 valence electrons. The van der Waals surface area contributed by atoms with Crippen LogP contribution in [-0.4, -0.2) is 11.0 Å². The Morgan fingerprint density at radius 2 is 2.11 bits per heavy atom. The maximum Gasteiger partial charge on any atom is 0.288 e. The second kappa shape index (κ2) is 5.14. The van der Waals surface area contributed by atoms with E-state index < -0.39 is 4.92 Å². The van der Waals surface area contributed by atoms with Crippen LogP contribution in [0.4, 0.5) is 11.4 Å². The lowest BCUT2D eigenvalue weighted by atomic mass is 9.73. The molecule has 0 unspecified atom stereocenters. The molecule has 5 heteroatoms. The Labute approximate surface area is 111 Å². The Hall–Kier alpha value is -1.29. The van der Waals surface area contributed by atoms with Gasteiger partial charge in [0, 0.05) is 17.8 Å². The van der Waals surface area contributed by atoms with E-state index >= 15 is 0 Å². The van der Waals surface area contributed by atoms with E-state index in [-0.39, 0.29) is 10.7 Å². The molecule has 0 radical (unpaired) electrons. The Kier molecular flexibility index (Phi) is 3.76. The van der Waals surface area contributed by atoms with Crippen LogP contribution < -0.4 is 5.32 Å². The van der Waals surface area contributed by atoms with Crippen LogP contribution in [-0.2, 0) is 0 Å². The smallest absolute Gasteiger partial charge is 0.288 e. The van der Waals surface area contributed by atoms with E-state index in [1.165, 1.54) is 6.07 Å². The van der Waals surface area contributed by atoms with Crippen LogP contribution in [0.25, 0.3) is 0 Å². The standard InChI is InChI=1S/C13H17ClN2O2/c1-8(2)9-5-11(6-9)15-10-3-4-13(16(17)18)12(14)7-10/h3-4,7-9,11,15H,5-6H2,1-2H3. The molecule has 0 heterocycles. The van der Waals surface area contributed by atoms with Gasteiger partial charge in [-0.3, -0.25) is 10.1 Å².